The zero-order chi connectivity index (χ0) is 14.5. The lowest BCUT2D eigenvalue weighted by Crippen LogP contribution is -2.34. The Morgan fingerprint density at radius 2 is 2.00 bits per heavy atom. The first kappa shape index (κ1) is 15.3. The zero-order valence-electron chi connectivity index (χ0n) is 12.9. The van der Waals surface area contributed by atoms with E-state index >= 15 is 0 Å². The molecule has 3 heteroatoms. The predicted octanol–water partition coefficient (Wildman–Crippen LogP) is 3.03. The minimum Gasteiger partial charge on any atom is -0.497 e. The number of ether oxygens (including phenoxy) is 1. The molecule has 0 aliphatic carbocycles. The SMILES string of the molecule is COc1ccc(C(C)CN2CCCC2CC(C)O)cc1. The van der Waals surface area contributed by atoms with E-state index in [0.29, 0.717) is 12.0 Å². The maximum absolute atomic E-state index is 9.60. The first-order valence-electron chi connectivity index (χ1n) is 7.66. The highest BCUT2D eigenvalue weighted by molar-refractivity contribution is 5.29. The average Bonchev–Trinajstić information content (AvgIpc) is 2.85. The van der Waals surface area contributed by atoms with Gasteiger partial charge in [-0.05, 0) is 56.3 Å². The van der Waals surface area contributed by atoms with Crippen LogP contribution < -0.4 is 4.74 Å². The third-order valence-corrected chi connectivity index (χ3v) is 4.31. The monoisotopic (exact) mass is 277 g/mol. The topological polar surface area (TPSA) is 32.7 Å². The van der Waals surface area contributed by atoms with E-state index in [0.717, 1.165) is 25.3 Å². The third kappa shape index (κ3) is 3.97. The standard InChI is InChI=1S/C17H27NO2/c1-13(15-6-8-17(20-3)9-7-15)12-18-10-4-5-16(18)11-14(2)19/h6-9,13-14,16,19H,4-5,10-12H2,1-3H3. The second kappa shape index (κ2) is 7.09. The van der Waals surface area contributed by atoms with E-state index in [9.17, 15) is 5.11 Å². The zero-order valence-corrected chi connectivity index (χ0v) is 12.9. The molecule has 3 unspecified atom stereocenters. The van der Waals surface area contributed by atoms with E-state index < -0.39 is 0 Å². The molecule has 1 aromatic rings. The van der Waals surface area contributed by atoms with Crippen molar-refractivity contribution in [2.24, 2.45) is 0 Å². The second-order valence-electron chi connectivity index (χ2n) is 6.05. The van der Waals surface area contributed by atoms with Crippen molar-refractivity contribution in [1.29, 1.82) is 0 Å². The second-order valence-corrected chi connectivity index (χ2v) is 6.05. The number of nitrogens with zero attached hydrogens (tertiary/aromatic N) is 1. The number of methoxy groups -OCH3 is 1. The van der Waals surface area contributed by atoms with Gasteiger partial charge in [0.05, 0.1) is 13.2 Å². The van der Waals surface area contributed by atoms with Crippen LogP contribution in [0.5, 0.6) is 5.75 Å². The highest BCUT2D eigenvalue weighted by Gasteiger charge is 2.26. The van der Waals surface area contributed by atoms with Crippen molar-refractivity contribution >= 4 is 0 Å². The van der Waals surface area contributed by atoms with Crippen LogP contribution in [-0.4, -0.2) is 42.4 Å². The Hall–Kier alpha value is -1.06. The van der Waals surface area contributed by atoms with Crippen molar-refractivity contribution in [3.05, 3.63) is 29.8 Å². The van der Waals surface area contributed by atoms with Crippen LogP contribution in [0.2, 0.25) is 0 Å². The molecule has 0 saturated carbocycles. The van der Waals surface area contributed by atoms with Crippen LogP contribution in [0.25, 0.3) is 0 Å². The van der Waals surface area contributed by atoms with Crippen molar-refractivity contribution in [2.45, 2.75) is 51.2 Å². The summed E-state index contributed by atoms with van der Waals surface area (Å²) < 4.78 is 5.20. The van der Waals surface area contributed by atoms with Crippen molar-refractivity contribution in [3.63, 3.8) is 0 Å². The van der Waals surface area contributed by atoms with Crippen LogP contribution in [0, 0.1) is 0 Å². The van der Waals surface area contributed by atoms with Gasteiger partial charge in [-0.25, -0.2) is 0 Å². The smallest absolute Gasteiger partial charge is 0.118 e. The molecule has 0 bridgehead atoms. The number of hydrogen-bond donors (Lipinski definition) is 1. The Kier molecular flexibility index (Phi) is 5.44. The maximum atomic E-state index is 9.60. The summed E-state index contributed by atoms with van der Waals surface area (Å²) in [4.78, 5) is 2.54. The summed E-state index contributed by atoms with van der Waals surface area (Å²) in [5, 5.41) is 9.60. The molecular weight excluding hydrogens is 250 g/mol. The first-order chi connectivity index (χ1) is 9.60. The van der Waals surface area contributed by atoms with E-state index in [1.54, 1.807) is 7.11 Å². The van der Waals surface area contributed by atoms with Crippen molar-refractivity contribution < 1.29 is 9.84 Å². The molecule has 3 nitrogen and oxygen atoms in total. The Bertz CT molecular complexity index is 402. The van der Waals surface area contributed by atoms with E-state index in [2.05, 4.69) is 24.0 Å². The third-order valence-electron chi connectivity index (χ3n) is 4.31. The molecule has 1 saturated heterocycles. The lowest BCUT2D eigenvalue weighted by Gasteiger charge is -2.28. The van der Waals surface area contributed by atoms with Gasteiger partial charge in [-0.1, -0.05) is 19.1 Å². The van der Waals surface area contributed by atoms with Gasteiger partial charge in [0.15, 0.2) is 0 Å². The van der Waals surface area contributed by atoms with Gasteiger partial charge in [0.2, 0.25) is 0 Å². The van der Waals surface area contributed by atoms with Gasteiger partial charge >= 0.3 is 0 Å². The molecule has 1 fully saturated rings. The van der Waals surface area contributed by atoms with Crippen LogP contribution in [0.4, 0.5) is 0 Å². The summed E-state index contributed by atoms with van der Waals surface area (Å²) in [5.41, 5.74) is 1.36. The van der Waals surface area contributed by atoms with Crippen molar-refractivity contribution in [2.75, 3.05) is 20.2 Å². The summed E-state index contributed by atoms with van der Waals surface area (Å²) in [5.74, 6) is 1.42. The van der Waals surface area contributed by atoms with Gasteiger partial charge in [-0.15, -0.1) is 0 Å². The highest BCUT2D eigenvalue weighted by Crippen LogP contribution is 2.26. The highest BCUT2D eigenvalue weighted by atomic mass is 16.5. The number of rotatable bonds is 6. The van der Waals surface area contributed by atoms with E-state index in [1.165, 1.54) is 18.4 Å². The number of aliphatic hydroxyl groups is 1. The number of likely N-dealkylation sites (tertiary alicyclic amines) is 1. The number of benzene rings is 1. The van der Waals surface area contributed by atoms with Crippen LogP contribution >= 0.6 is 0 Å². The molecule has 1 aliphatic heterocycles. The molecule has 0 aromatic heterocycles. The lowest BCUT2D eigenvalue weighted by atomic mass is 9.99. The summed E-state index contributed by atoms with van der Waals surface area (Å²) in [6.07, 6.45) is 3.18. The van der Waals surface area contributed by atoms with Gasteiger partial charge in [0.25, 0.3) is 0 Å². The van der Waals surface area contributed by atoms with Gasteiger partial charge in [-0.3, -0.25) is 4.90 Å². The molecule has 1 aliphatic rings. The van der Waals surface area contributed by atoms with Crippen molar-refractivity contribution in [3.8, 4) is 5.75 Å². The summed E-state index contributed by atoms with van der Waals surface area (Å²) >= 11 is 0. The molecule has 3 atom stereocenters. The Balaban J connectivity index is 1.93. The van der Waals surface area contributed by atoms with E-state index in [4.69, 9.17) is 4.74 Å². The van der Waals surface area contributed by atoms with Crippen LogP contribution in [0.1, 0.15) is 44.6 Å². The average molecular weight is 277 g/mol. The molecule has 112 valence electrons. The Morgan fingerprint density at radius 1 is 1.30 bits per heavy atom. The fourth-order valence-electron chi connectivity index (χ4n) is 3.19. The summed E-state index contributed by atoms with van der Waals surface area (Å²) in [7, 11) is 1.70. The molecule has 2 rings (SSSR count). The fourth-order valence-corrected chi connectivity index (χ4v) is 3.19. The number of aliphatic hydroxyl groups excluding tert-OH is 1. The van der Waals surface area contributed by atoms with Crippen LogP contribution in [0.3, 0.4) is 0 Å². The maximum Gasteiger partial charge on any atom is 0.118 e. The van der Waals surface area contributed by atoms with Gasteiger partial charge < -0.3 is 9.84 Å². The largest absolute Gasteiger partial charge is 0.497 e. The van der Waals surface area contributed by atoms with E-state index in [-0.39, 0.29) is 6.10 Å². The fraction of sp³-hybridized carbons (Fsp3) is 0.647. The Morgan fingerprint density at radius 3 is 2.60 bits per heavy atom. The molecular formula is C17H27NO2. The van der Waals surface area contributed by atoms with Gasteiger partial charge in [0, 0.05) is 12.6 Å². The Labute approximate surface area is 122 Å². The molecule has 0 amide bonds. The van der Waals surface area contributed by atoms with Crippen LogP contribution in [-0.2, 0) is 0 Å². The van der Waals surface area contributed by atoms with Gasteiger partial charge in [-0.2, -0.15) is 0 Å². The molecule has 0 radical (unpaired) electrons. The summed E-state index contributed by atoms with van der Waals surface area (Å²) in [6.45, 7) is 6.41. The minimum atomic E-state index is -0.197. The minimum absolute atomic E-state index is 0.197. The normalized spacial score (nSPS) is 22.7. The first-order valence-corrected chi connectivity index (χ1v) is 7.66. The lowest BCUT2D eigenvalue weighted by molar-refractivity contribution is 0.131. The van der Waals surface area contributed by atoms with Crippen molar-refractivity contribution in [1.82, 2.24) is 4.90 Å². The van der Waals surface area contributed by atoms with Gasteiger partial charge in [0.1, 0.15) is 5.75 Å². The quantitative estimate of drug-likeness (QED) is 0.867. The predicted molar refractivity (Wildman–Crippen MR) is 82.3 cm³/mol. The van der Waals surface area contributed by atoms with Crippen LogP contribution in [0.15, 0.2) is 24.3 Å². The molecule has 1 N–H and O–H groups in total. The van der Waals surface area contributed by atoms with E-state index in [1.807, 2.05) is 19.1 Å². The number of hydrogen-bond acceptors (Lipinski definition) is 3. The molecule has 20 heavy (non-hydrogen) atoms. The molecule has 0 spiro atoms. The summed E-state index contributed by atoms with van der Waals surface area (Å²) in [6, 6.07) is 8.93. The molecule has 1 heterocycles. The molecule has 1 aromatic carbocycles.